The lowest BCUT2D eigenvalue weighted by molar-refractivity contribution is 0.267. The molecule has 1 unspecified atom stereocenters. The molecule has 21 heavy (non-hydrogen) atoms. The molecule has 1 aromatic rings. The normalized spacial score (nSPS) is 18.3. The Balaban J connectivity index is 1.77. The summed E-state index contributed by atoms with van der Waals surface area (Å²) in [5, 5.41) is 3.61. The lowest BCUT2D eigenvalue weighted by Gasteiger charge is -2.26. The molecule has 0 amide bonds. The number of hydrogen-bond acceptors (Lipinski definition) is 3. The molecule has 1 aliphatic heterocycles. The first-order valence-electron chi connectivity index (χ1n) is 7.94. The molecule has 0 fully saturated rings. The van der Waals surface area contributed by atoms with Gasteiger partial charge in [0, 0.05) is 17.0 Å². The number of nitrogens with one attached hydrogen (secondary N) is 1. The van der Waals surface area contributed by atoms with Crippen molar-refractivity contribution in [3.8, 4) is 0 Å². The van der Waals surface area contributed by atoms with Gasteiger partial charge in [0.2, 0.25) is 0 Å². The van der Waals surface area contributed by atoms with E-state index in [0.717, 1.165) is 35.7 Å². The first kappa shape index (κ1) is 16.8. The third-order valence-electron chi connectivity index (χ3n) is 4.24. The Labute approximate surface area is 132 Å². The minimum absolute atomic E-state index is 0.0671. The van der Waals surface area contributed by atoms with Gasteiger partial charge < -0.3 is 10.2 Å². The molecular formula is C17H27FN2S. The van der Waals surface area contributed by atoms with Gasteiger partial charge in [-0.15, -0.1) is 11.8 Å². The van der Waals surface area contributed by atoms with Crippen molar-refractivity contribution in [2.24, 2.45) is 0 Å². The highest BCUT2D eigenvalue weighted by molar-refractivity contribution is 7.99. The van der Waals surface area contributed by atoms with Crippen LogP contribution in [0.2, 0.25) is 0 Å². The maximum absolute atomic E-state index is 13.8. The first-order valence-corrected chi connectivity index (χ1v) is 8.93. The van der Waals surface area contributed by atoms with Crippen LogP contribution in [-0.4, -0.2) is 36.8 Å². The van der Waals surface area contributed by atoms with Gasteiger partial charge in [-0.2, -0.15) is 0 Å². The second kappa shape index (κ2) is 8.16. The number of nitrogens with zero attached hydrogens (tertiary/aromatic N) is 1. The Morgan fingerprint density at radius 3 is 2.95 bits per heavy atom. The van der Waals surface area contributed by atoms with E-state index in [1.807, 2.05) is 6.07 Å². The number of rotatable bonds is 7. The Hall–Kier alpha value is -0.580. The SMILES string of the molecule is CC(C)N(C)CCCCNC1CCSc2c(F)cccc21. The molecule has 2 rings (SSSR count). The predicted molar refractivity (Wildman–Crippen MR) is 89.5 cm³/mol. The number of unbranched alkanes of at least 4 members (excludes halogenated alkanes) is 1. The largest absolute Gasteiger partial charge is 0.310 e. The molecule has 118 valence electrons. The molecule has 0 aromatic heterocycles. The number of halogens is 1. The van der Waals surface area contributed by atoms with Gasteiger partial charge in [0.1, 0.15) is 5.82 Å². The minimum Gasteiger partial charge on any atom is -0.310 e. The van der Waals surface area contributed by atoms with Crippen LogP contribution in [-0.2, 0) is 0 Å². The van der Waals surface area contributed by atoms with Crippen molar-refractivity contribution in [2.75, 3.05) is 25.9 Å². The molecule has 1 aromatic carbocycles. The first-order chi connectivity index (χ1) is 10.1. The highest BCUT2D eigenvalue weighted by Gasteiger charge is 2.22. The van der Waals surface area contributed by atoms with E-state index in [1.54, 1.807) is 17.8 Å². The van der Waals surface area contributed by atoms with Gasteiger partial charge in [-0.05, 0) is 70.6 Å². The summed E-state index contributed by atoms with van der Waals surface area (Å²) in [5.74, 6) is 0.935. The van der Waals surface area contributed by atoms with Crippen LogP contribution in [0.5, 0.6) is 0 Å². The van der Waals surface area contributed by atoms with Crippen molar-refractivity contribution < 1.29 is 4.39 Å². The fourth-order valence-corrected chi connectivity index (χ4v) is 3.76. The van der Waals surface area contributed by atoms with Crippen molar-refractivity contribution in [2.45, 2.75) is 50.1 Å². The van der Waals surface area contributed by atoms with E-state index in [0.29, 0.717) is 12.1 Å². The molecule has 1 atom stereocenters. The van der Waals surface area contributed by atoms with Crippen LogP contribution in [0.15, 0.2) is 23.1 Å². The van der Waals surface area contributed by atoms with Crippen LogP contribution in [0.25, 0.3) is 0 Å². The van der Waals surface area contributed by atoms with Crippen molar-refractivity contribution in [3.63, 3.8) is 0 Å². The van der Waals surface area contributed by atoms with Crippen LogP contribution in [0.4, 0.5) is 4.39 Å². The van der Waals surface area contributed by atoms with Gasteiger partial charge in [0.15, 0.2) is 0 Å². The second-order valence-electron chi connectivity index (χ2n) is 6.08. The second-order valence-corrected chi connectivity index (χ2v) is 7.19. The summed E-state index contributed by atoms with van der Waals surface area (Å²) in [5.41, 5.74) is 1.14. The number of thioether (sulfide) groups is 1. The topological polar surface area (TPSA) is 15.3 Å². The quantitative estimate of drug-likeness (QED) is 0.764. The Kier molecular flexibility index (Phi) is 6.52. The summed E-state index contributed by atoms with van der Waals surface area (Å²) in [4.78, 5) is 3.22. The van der Waals surface area contributed by atoms with Gasteiger partial charge in [-0.1, -0.05) is 12.1 Å². The summed E-state index contributed by atoms with van der Waals surface area (Å²) in [6.45, 7) is 6.61. The van der Waals surface area contributed by atoms with E-state index in [2.05, 4.69) is 37.2 Å². The monoisotopic (exact) mass is 310 g/mol. The summed E-state index contributed by atoms with van der Waals surface area (Å²) in [7, 11) is 2.18. The van der Waals surface area contributed by atoms with E-state index >= 15 is 0 Å². The van der Waals surface area contributed by atoms with Crippen LogP contribution in [0, 0.1) is 5.82 Å². The van der Waals surface area contributed by atoms with Crippen LogP contribution < -0.4 is 5.32 Å². The molecule has 4 heteroatoms. The van der Waals surface area contributed by atoms with E-state index in [1.165, 1.54) is 12.8 Å². The van der Waals surface area contributed by atoms with Gasteiger partial charge in [-0.25, -0.2) is 4.39 Å². The predicted octanol–water partition coefficient (Wildman–Crippen LogP) is 4.07. The molecule has 0 saturated carbocycles. The van der Waals surface area contributed by atoms with Gasteiger partial charge >= 0.3 is 0 Å². The maximum atomic E-state index is 13.8. The number of benzene rings is 1. The molecule has 1 N–H and O–H groups in total. The Morgan fingerprint density at radius 2 is 2.19 bits per heavy atom. The zero-order valence-corrected chi connectivity index (χ0v) is 14.2. The molecule has 1 aliphatic rings. The van der Waals surface area contributed by atoms with E-state index in [4.69, 9.17) is 0 Å². The van der Waals surface area contributed by atoms with Gasteiger partial charge in [0.05, 0.1) is 0 Å². The third kappa shape index (κ3) is 4.70. The van der Waals surface area contributed by atoms with E-state index in [-0.39, 0.29) is 5.82 Å². The summed E-state index contributed by atoms with van der Waals surface area (Å²) in [6.07, 6.45) is 3.47. The van der Waals surface area contributed by atoms with Crippen LogP contribution in [0.3, 0.4) is 0 Å². The standard InChI is InChI=1S/C17H27FN2S/c1-13(2)20(3)11-5-4-10-19-16-9-12-21-17-14(16)7-6-8-15(17)18/h6-8,13,16,19H,4-5,9-12H2,1-3H3. The lowest BCUT2D eigenvalue weighted by Crippen LogP contribution is -2.29. The van der Waals surface area contributed by atoms with Crippen molar-refractivity contribution >= 4 is 11.8 Å². The van der Waals surface area contributed by atoms with E-state index in [9.17, 15) is 4.39 Å². The number of fused-ring (bicyclic) bond motifs is 1. The molecule has 0 spiro atoms. The minimum atomic E-state index is -0.0671. The maximum Gasteiger partial charge on any atom is 0.137 e. The average Bonchev–Trinajstić information content (AvgIpc) is 2.47. The zero-order chi connectivity index (χ0) is 15.2. The van der Waals surface area contributed by atoms with Gasteiger partial charge in [-0.3, -0.25) is 0 Å². The molecule has 2 nitrogen and oxygen atoms in total. The summed E-state index contributed by atoms with van der Waals surface area (Å²) < 4.78 is 13.8. The Bertz CT molecular complexity index is 450. The number of hydrogen-bond donors (Lipinski definition) is 1. The molecule has 0 saturated heterocycles. The third-order valence-corrected chi connectivity index (χ3v) is 5.39. The van der Waals surface area contributed by atoms with Crippen LogP contribution >= 0.6 is 11.8 Å². The molecule has 0 bridgehead atoms. The summed E-state index contributed by atoms with van der Waals surface area (Å²) >= 11 is 1.65. The fourth-order valence-electron chi connectivity index (χ4n) is 2.62. The average molecular weight is 310 g/mol. The molecule has 1 heterocycles. The van der Waals surface area contributed by atoms with Crippen molar-refractivity contribution in [1.82, 2.24) is 10.2 Å². The highest BCUT2D eigenvalue weighted by atomic mass is 32.2. The van der Waals surface area contributed by atoms with E-state index < -0.39 is 0 Å². The lowest BCUT2D eigenvalue weighted by atomic mass is 10.0. The highest BCUT2D eigenvalue weighted by Crippen LogP contribution is 2.37. The van der Waals surface area contributed by atoms with Crippen molar-refractivity contribution in [1.29, 1.82) is 0 Å². The molecule has 0 radical (unpaired) electrons. The zero-order valence-electron chi connectivity index (χ0n) is 13.4. The van der Waals surface area contributed by atoms with Gasteiger partial charge in [0.25, 0.3) is 0 Å². The Morgan fingerprint density at radius 1 is 1.38 bits per heavy atom. The molecular weight excluding hydrogens is 283 g/mol. The van der Waals surface area contributed by atoms with Crippen molar-refractivity contribution in [3.05, 3.63) is 29.6 Å². The fraction of sp³-hybridized carbons (Fsp3) is 0.647. The van der Waals surface area contributed by atoms with Crippen LogP contribution in [0.1, 0.15) is 44.7 Å². The summed E-state index contributed by atoms with van der Waals surface area (Å²) in [6, 6.07) is 6.39. The smallest absolute Gasteiger partial charge is 0.137 e. The molecule has 0 aliphatic carbocycles.